The zero-order chi connectivity index (χ0) is 13.9. The number of ether oxygens (including phenoxy) is 1. The summed E-state index contributed by atoms with van der Waals surface area (Å²) >= 11 is 0. The van der Waals surface area contributed by atoms with Crippen LogP contribution in [0.1, 0.15) is 52.0 Å². The first-order valence-corrected chi connectivity index (χ1v) is 7.71. The predicted octanol–water partition coefficient (Wildman–Crippen LogP) is 4.19. The first kappa shape index (κ1) is 16.0. The third kappa shape index (κ3) is 7.22. The zero-order valence-corrected chi connectivity index (χ0v) is 12.7. The lowest BCUT2D eigenvalue weighted by Crippen LogP contribution is -2.25. The molecule has 0 radical (unpaired) electrons. The SMILES string of the molecule is CCCCCOc1ccc(CCC(C)NCC)cc1. The van der Waals surface area contributed by atoms with Gasteiger partial charge in [-0.15, -0.1) is 0 Å². The van der Waals surface area contributed by atoms with Gasteiger partial charge in [0.05, 0.1) is 6.61 Å². The quantitative estimate of drug-likeness (QED) is 0.639. The fourth-order valence-corrected chi connectivity index (χ4v) is 2.13. The molecule has 0 aliphatic heterocycles. The maximum atomic E-state index is 5.71. The summed E-state index contributed by atoms with van der Waals surface area (Å²) in [6, 6.07) is 9.16. The van der Waals surface area contributed by atoms with Gasteiger partial charge in [-0.1, -0.05) is 38.8 Å². The maximum absolute atomic E-state index is 5.71. The number of hydrogen-bond acceptors (Lipinski definition) is 2. The maximum Gasteiger partial charge on any atom is 0.119 e. The van der Waals surface area contributed by atoms with Crippen molar-refractivity contribution in [1.82, 2.24) is 5.32 Å². The second-order valence-electron chi connectivity index (χ2n) is 5.20. The van der Waals surface area contributed by atoms with Crippen LogP contribution >= 0.6 is 0 Å². The highest BCUT2D eigenvalue weighted by molar-refractivity contribution is 5.27. The summed E-state index contributed by atoms with van der Waals surface area (Å²) in [5.74, 6) is 1.000. The van der Waals surface area contributed by atoms with Crippen molar-refractivity contribution in [2.75, 3.05) is 13.2 Å². The Kier molecular flexibility index (Phi) is 8.31. The first-order valence-electron chi connectivity index (χ1n) is 7.71. The Bertz CT molecular complexity index is 321. The average Bonchev–Trinajstić information content (AvgIpc) is 2.43. The van der Waals surface area contributed by atoms with Crippen LogP contribution in [0.5, 0.6) is 5.75 Å². The highest BCUT2D eigenvalue weighted by atomic mass is 16.5. The largest absolute Gasteiger partial charge is 0.494 e. The standard InChI is InChI=1S/C17H29NO/c1-4-6-7-14-19-17-12-10-16(11-13-17)9-8-15(3)18-5-2/h10-13,15,18H,4-9,14H2,1-3H3. The molecule has 0 heterocycles. The highest BCUT2D eigenvalue weighted by Crippen LogP contribution is 2.14. The van der Waals surface area contributed by atoms with Gasteiger partial charge in [0.15, 0.2) is 0 Å². The van der Waals surface area contributed by atoms with Crippen molar-refractivity contribution < 1.29 is 4.74 Å². The monoisotopic (exact) mass is 263 g/mol. The molecule has 0 bridgehead atoms. The molecule has 1 aromatic rings. The smallest absolute Gasteiger partial charge is 0.119 e. The lowest BCUT2D eigenvalue weighted by molar-refractivity contribution is 0.306. The third-order valence-electron chi connectivity index (χ3n) is 3.36. The van der Waals surface area contributed by atoms with Crippen LogP contribution in [-0.2, 0) is 6.42 Å². The van der Waals surface area contributed by atoms with E-state index in [9.17, 15) is 0 Å². The van der Waals surface area contributed by atoms with Crippen molar-refractivity contribution in [3.05, 3.63) is 29.8 Å². The van der Waals surface area contributed by atoms with Gasteiger partial charge in [-0.25, -0.2) is 0 Å². The van der Waals surface area contributed by atoms with Crippen molar-refractivity contribution >= 4 is 0 Å². The molecule has 0 saturated carbocycles. The van der Waals surface area contributed by atoms with E-state index in [1.807, 2.05) is 0 Å². The van der Waals surface area contributed by atoms with E-state index in [1.165, 1.54) is 24.8 Å². The Balaban J connectivity index is 2.27. The Morgan fingerprint density at radius 3 is 2.47 bits per heavy atom. The summed E-state index contributed by atoms with van der Waals surface area (Å²) in [4.78, 5) is 0. The van der Waals surface area contributed by atoms with Gasteiger partial charge in [-0.2, -0.15) is 0 Å². The van der Waals surface area contributed by atoms with E-state index in [4.69, 9.17) is 4.74 Å². The lowest BCUT2D eigenvalue weighted by Gasteiger charge is -2.12. The van der Waals surface area contributed by atoms with E-state index in [1.54, 1.807) is 0 Å². The minimum Gasteiger partial charge on any atom is -0.494 e. The molecular weight excluding hydrogens is 234 g/mol. The van der Waals surface area contributed by atoms with Crippen LogP contribution < -0.4 is 10.1 Å². The van der Waals surface area contributed by atoms with Crippen LogP contribution in [0, 0.1) is 0 Å². The predicted molar refractivity (Wildman–Crippen MR) is 82.9 cm³/mol. The second-order valence-corrected chi connectivity index (χ2v) is 5.20. The van der Waals surface area contributed by atoms with Gasteiger partial charge in [0.1, 0.15) is 5.75 Å². The van der Waals surface area contributed by atoms with Crippen LogP contribution in [0.15, 0.2) is 24.3 Å². The normalized spacial score (nSPS) is 12.4. The van der Waals surface area contributed by atoms with Crippen LogP contribution in [0.3, 0.4) is 0 Å². The molecule has 0 aliphatic carbocycles. The number of benzene rings is 1. The molecule has 2 heteroatoms. The number of hydrogen-bond donors (Lipinski definition) is 1. The molecule has 108 valence electrons. The van der Waals surface area contributed by atoms with Crippen molar-refractivity contribution in [3.63, 3.8) is 0 Å². The molecule has 1 N–H and O–H groups in total. The van der Waals surface area contributed by atoms with E-state index < -0.39 is 0 Å². The fourth-order valence-electron chi connectivity index (χ4n) is 2.13. The summed E-state index contributed by atoms with van der Waals surface area (Å²) in [6.45, 7) is 8.50. The summed E-state index contributed by atoms with van der Waals surface area (Å²) in [7, 11) is 0. The minimum atomic E-state index is 0.593. The van der Waals surface area contributed by atoms with Gasteiger partial charge >= 0.3 is 0 Å². The van der Waals surface area contributed by atoms with Gasteiger partial charge in [-0.3, -0.25) is 0 Å². The number of aryl methyl sites for hydroxylation is 1. The van der Waals surface area contributed by atoms with Gasteiger partial charge in [0.2, 0.25) is 0 Å². The van der Waals surface area contributed by atoms with Crippen molar-refractivity contribution in [2.24, 2.45) is 0 Å². The fraction of sp³-hybridized carbons (Fsp3) is 0.647. The van der Waals surface area contributed by atoms with E-state index in [0.717, 1.165) is 31.7 Å². The zero-order valence-electron chi connectivity index (χ0n) is 12.7. The van der Waals surface area contributed by atoms with E-state index in [-0.39, 0.29) is 0 Å². The molecule has 1 unspecified atom stereocenters. The molecule has 0 spiro atoms. The molecule has 0 saturated heterocycles. The van der Waals surface area contributed by atoms with Crippen LogP contribution in [-0.4, -0.2) is 19.2 Å². The molecule has 1 atom stereocenters. The van der Waals surface area contributed by atoms with E-state index in [2.05, 4.69) is 50.4 Å². The lowest BCUT2D eigenvalue weighted by atomic mass is 10.1. The van der Waals surface area contributed by atoms with E-state index >= 15 is 0 Å². The number of nitrogens with one attached hydrogen (secondary N) is 1. The van der Waals surface area contributed by atoms with Crippen molar-refractivity contribution in [1.29, 1.82) is 0 Å². The Labute approximate surface area is 118 Å². The molecule has 1 rings (SSSR count). The molecule has 0 fully saturated rings. The van der Waals surface area contributed by atoms with E-state index in [0.29, 0.717) is 6.04 Å². The van der Waals surface area contributed by atoms with Crippen LogP contribution in [0.4, 0.5) is 0 Å². The third-order valence-corrected chi connectivity index (χ3v) is 3.36. The topological polar surface area (TPSA) is 21.3 Å². The molecule has 0 aromatic heterocycles. The molecule has 19 heavy (non-hydrogen) atoms. The van der Waals surface area contributed by atoms with Gasteiger partial charge in [0.25, 0.3) is 0 Å². The van der Waals surface area contributed by atoms with Crippen LogP contribution in [0.25, 0.3) is 0 Å². The first-order chi connectivity index (χ1) is 9.26. The van der Waals surface area contributed by atoms with Crippen molar-refractivity contribution in [2.45, 2.75) is 58.9 Å². The van der Waals surface area contributed by atoms with Crippen LogP contribution in [0.2, 0.25) is 0 Å². The molecular formula is C17H29NO. The Hall–Kier alpha value is -1.02. The second kappa shape index (κ2) is 9.85. The summed E-state index contributed by atoms with van der Waals surface area (Å²) in [5.41, 5.74) is 1.39. The molecule has 0 amide bonds. The summed E-state index contributed by atoms with van der Waals surface area (Å²) < 4.78 is 5.71. The molecule has 1 aromatic carbocycles. The summed E-state index contributed by atoms with van der Waals surface area (Å²) in [5, 5.41) is 3.44. The minimum absolute atomic E-state index is 0.593. The molecule has 0 aliphatic rings. The van der Waals surface area contributed by atoms with Gasteiger partial charge in [0, 0.05) is 6.04 Å². The Morgan fingerprint density at radius 2 is 1.84 bits per heavy atom. The van der Waals surface area contributed by atoms with Crippen molar-refractivity contribution in [3.8, 4) is 5.75 Å². The number of unbranched alkanes of at least 4 members (excludes halogenated alkanes) is 2. The number of rotatable bonds is 10. The van der Waals surface area contributed by atoms with Gasteiger partial charge in [-0.05, 0) is 50.4 Å². The average molecular weight is 263 g/mol. The summed E-state index contributed by atoms with van der Waals surface area (Å²) in [6.07, 6.45) is 5.96. The highest BCUT2D eigenvalue weighted by Gasteiger charge is 2.01. The molecule has 2 nitrogen and oxygen atoms in total. The van der Waals surface area contributed by atoms with Gasteiger partial charge < -0.3 is 10.1 Å². The Morgan fingerprint density at radius 1 is 1.11 bits per heavy atom.